The summed E-state index contributed by atoms with van der Waals surface area (Å²) in [6, 6.07) is 15.8. The number of nitrogens with zero attached hydrogens (tertiary/aromatic N) is 1. The molecule has 0 aliphatic heterocycles. The number of rotatable bonds is 6. The van der Waals surface area contributed by atoms with Gasteiger partial charge in [0.2, 0.25) is 5.91 Å². The smallest absolute Gasteiger partial charge is 0.239 e. The Morgan fingerprint density at radius 1 is 1.27 bits per heavy atom. The summed E-state index contributed by atoms with van der Waals surface area (Å²) >= 11 is 0. The minimum atomic E-state index is -0.390. The van der Waals surface area contributed by atoms with E-state index in [0.29, 0.717) is 23.5 Å². The van der Waals surface area contributed by atoms with Crippen LogP contribution < -0.4 is 15.8 Å². The maximum atomic E-state index is 11.2. The molecule has 22 heavy (non-hydrogen) atoms. The van der Waals surface area contributed by atoms with E-state index in [9.17, 15) is 4.79 Å². The Hall–Kier alpha value is -3.00. The lowest BCUT2D eigenvalue weighted by atomic mass is 10.2. The van der Waals surface area contributed by atoms with E-state index < -0.39 is 0 Å². The molecule has 112 valence electrons. The van der Waals surface area contributed by atoms with Crippen LogP contribution in [0.15, 0.2) is 48.5 Å². The first-order chi connectivity index (χ1) is 10.6. The highest BCUT2D eigenvalue weighted by molar-refractivity contribution is 5.82. The number of hydrogen-bond acceptors (Lipinski definition) is 4. The first kappa shape index (κ1) is 15.4. The van der Waals surface area contributed by atoms with E-state index in [1.165, 1.54) is 0 Å². The molecule has 0 fully saturated rings. The van der Waals surface area contributed by atoms with E-state index in [2.05, 4.69) is 11.4 Å². The van der Waals surface area contributed by atoms with Crippen molar-refractivity contribution in [3.63, 3.8) is 0 Å². The van der Waals surface area contributed by atoms with Crippen LogP contribution in [-0.2, 0) is 4.79 Å². The zero-order valence-corrected chi connectivity index (χ0v) is 12.2. The van der Waals surface area contributed by atoms with Crippen molar-refractivity contribution in [3.05, 3.63) is 54.1 Å². The zero-order chi connectivity index (χ0) is 15.9. The predicted octanol–water partition coefficient (Wildman–Crippen LogP) is 3.03. The average Bonchev–Trinajstić information content (AvgIpc) is 2.54. The molecule has 0 spiro atoms. The molecular weight excluding hydrogens is 278 g/mol. The molecule has 5 heteroatoms. The molecule has 5 nitrogen and oxygen atoms in total. The molecule has 0 aliphatic rings. The summed E-state index contributed by atoms with van der Waals surface area (Å²) in [5, 5.41) is 11.9. The molecule has 2 aromatic rings. The molecule has 0 radical (unpaired) electrons. The van der Waals surface area contributed by atoms with Crippen molar-refractivity contribution in [2.24, 2.45) is 5.73 Å². The normalized spacial score (nSPS) is 11.3. The summed E-state index contributed by atoms with van der Waals surface area (Å²) in [6.07, 6.45) is 0.620. The number of carbonyl (C=O) groups is 1. The van der Waals surface area contributed by atoms with Gasteiger partial charge in [-0.15, -0.1) is 0 Å². The highest BCUT2D eigenvalue weighted by Crippen LogP contribution is 2.24. The molecule has 0 aliphatic carbocycles. The second kappa shape index (κ2) is 7.14. The van der Waals surface area contributed by atoms with Crippen LogP contribution in [0, 0.1) is 11.3 Å². The van der Waals surface area contributed by atoms with Crippen molar-refractivity contribution >= 4 is 11.6 Å². The third-order valence-electron chi connectivity index (χ3n) is 3.15. The molecule has 0 bridgehead atoms. The Balaban J connectivity index is 2.05. The number of benzene rings is 2. The van der Waals surface area contributed by atoms with Gasteiger partial charge in [0.1, 0.15) is 17.5 Å². The summed E-state index contributed by atoms with van der Waals surface area (Å²) in [7, 11) is 0. The van der Waals surface area contributed by atoms with Gasteiger partial charge in [0.15, 0.2) is 0 Å². The van der Waals surface area contributed by atoms with Crippen LogP contribution in [0.1, 0.15) is 18.9 Å². The molecule has 2 rings (SSSR count). The fourth-order valence-corrected chi connectivity index (χ4v) is 1.96. The van der Waals surface area contributed by atoms with Gasteiger partial charge in [-0.1, -0.05) is 13.0 Å². The topological polar surface area (TPSA) is 88.1 Å². The first-order valence-corrected chi connectivity index (χ1v) is 6.96. The Morgan fingerprint density at radius 2 is 2.00 bits per heavy atom. The number of carbonyl (C=O) groups excluding carboxylic acids is 1. The van der Waals surface area contributed by atoms with Gasteiger partial charge >= 0.3 is 0 Å². The van der Waals surface area contributed by atoms with Crippen LogP contribution in [-0.4, -0.2) is 11.9 Å². The van der Waals surface area contributed by atoms with Crippen LogP contribution in [0.5, 0.6) is 11.5 Å². The third-order valence-corrected chi connectivity index (χ3v) is 3.15. The number of nitriles is 1. The molecule has 0 aromatic heterocycles. The Bertz CT molecular complexity index is 690. The van der Waals surface area contributed by atoms with Gasteiger partial charge in [-0.25, -0.2) is 0 Å². The number of hydrogen-bond donors (Lipinski definition) is 2. The van der Waals surface area contributed by atoms with Gasteiger partial charge in [-0.05, 0) is 48.9 Å². The largest absolute Gasteiger partial charge is 0.457 e. The minimum Gasteiger partial charge on any atom is -0.457 e. The van der Waals surface area contributed by atoms with Crippen LogP contribution in [0.25, 0.3) is 0 Å². The third kappa shape index (κ3) is 4.00. The maximum Gasteiger partial charge on any atom is 0.239 e. The van der Waals surface area contributed by atoms with Crippen molar-refractivity contribution in [1.29, 1.82) is 5.26 Å². The second-order valence-electron chi connectivity index (χ2n) is 4.77. The van der Waals surface area contributed by atoms with Crippen molar-refractivity contribution in [3.8, 4) is 17.6 Å². The summed E-state index contributed by atoms with van der Waals surface area (Å²) in [5.41, 5.74) is 6.64. The lowest BCUT2D eigenvalue weighted by molar-refractivity contribution is -0.118. The standard InChI is InChI=1S/C17H17N3O2/c1-2-16(17(19)21)20-13-6-8-14(9-7-13)22-15-5-3-4-12(10-15)11-18/h3-10,16,20H,2H2,1H3,(H2,19,21)/t16-/m1/s1. The predicted molar refractivity (Wildman–Crippen MR) is 84.6 cm³/mol. The summed E-state index contributed by atoms with van der Waals surface area (Å²) in [5.74, 6) is 0.868. The fourth-order valence-electron chi connectivity index (χ4n) is 1.96. The molecule has 2 aromatic carbocycles. The first-order valence-electron chi connectivity index (χ1n) is 6.96. The fraction of sp³-hybridized carbons (Fsp3) is 0.176. The number of nitrogens with two attached hydrogens (primary N) is 1. The molecule has 0 unspecified atom stereocenters. The highest BCUT2D eigenvalue weighted by atomic mass is 16.5. The van der Waals surface area contributed by atoms with E-state index in [4.69, 9.17) is 15.7 Å². The molecule has 0 heterocycles. The van der Waals surface area contributed by atoms with Crippen molar-refractivity contribution < 1.29 is 9.53 Å². The minimum absolute atomic E-state index is 0.379. The summed E-state index contributed by atoms with van der Waals surface area (Å²) in [4.78, 5) is 11.2. The molecule has 1 atom stereocenters. The van der Waals surface area contributed by atoms with Gasteiger partial charge in [0.25, 0.3) is 0 Å². The Labute approximate surface area is 129 Å². The Kier molecular flexibility index (Phi) is 4.99. The highest BCUT2D eigenvalue weighted by Gasteiger charge is 2.11. The summed E-state index contributed by atoms with van der Waals surface area (Å²) in [6.45, 7) is 1.89. The quantitative estimate of drug-likeness (QED) is 0.857. The molecule has 0 saturated carbocycles. The van der Waals surface area contributed by atoms with Crippen LogP contribution in [0.2, 0.25) is 0 Å². The summed E-state index contributed by atoms with van der Waals surface area (Å²) < 4.78 is 5.68. The van der Waals surface area contributed by atoms with Crippen LogP contribution in [0.4, 0.5) is 5.69 Å². The van der Waals surface area contributed by atoms with Gasteiger partial charge in [-0.2, -0.15) is 5.26 Å². The van der Waals surface area contributed by atoms with E-state index >= 15 is 0 Å². The van der Waals surface area contributed by atoms with E-state index in [1.54, 1.807) is 36.4 Å². The van der Waals surface area contributed by atoms with Crippen LogP contribution >= 0.6 is 0 Å². The number of anilines is 1. The number of primary amides is 1. The monoisotopic (exact) mass is 295 g/mol. The Morgan fingerprint density at radius 3 is 2.59 bits per heavy atom. The van der Waals surface area contributed by atoms with Crippen molar-refractivity contribution in [2.75, 3.05) is 5.32 Å². The zero-order valence-electron chi connectivity index (χ0n) is 12.2. The van der Waals surface area contributed by atoms with E-state index in [1.807, 2.05) is 19.1 Å². The van der Waals surface area contributed by atoms with Gasteiger partial charge in [0, 0.05) is 5.69 Å². The van der Waals surface area contributed by atoms with Crippen molar-refractivity contribution in [2.45, 2.75) is 19.4 Å². The molecule has 0 saturated heterocycles. The lowest BCUT2D eigenvalue weighted by Crippen LogP contribution is -2.34. The molecule has 3 N–H and O–H groups in total. The number of ether oxygens (including phenoxy) is 1. The molecular formula is C17H17N3O2. The van der Waals surface area contributed by atoms with Gasteiger partial charge in [-0.3, -0.25) is 4.79 Å². The lowest BCUT2D eigenvalue weighted by Gasteiger charge is -2.15. The molecule has 1 amide bonds. The number of amides is 1. The second-order valence-corrected chi connectivity index (χ2v) is 4.77. The van der Waals surface area contributed by atoms with E-state index in [0.717, 1.165) is 5.69 Å². The maximum absolute atomic E-state index is 11.2. The van der Waals surface area contributed by atoms with E-state index in [-0.39, 0.29) is 11.9 Å². The SMILES string of the molecule is CC[C@@H](Nc1ccc(Oc2cccc(C#N)c2)cc1)C(N)=O. The van der Waals surface area contributed by atoms with Crippen LogP contribution in [0.3, 0.4) is 0 Å². The average molecular weight is 295 g/mol. The van der Waals surface area contributed by atoms with Crippen molar-refractivity contribution in [1.82, 2.24) is 0 Å². The number of nitrogens with one attached hydrogen (secondary N) is 1. The van der Waals surface area contributed by atoms with Gasteiger partial charge < -0.3 is 15.8 Å². The van der Waals surface area contributed by atoms with Gasteiger partial charge in [0.05, 0.1) is 11.6 Å².